The van der Waals surface area contributed by atoms with E-state index in [1.165, 1.54) is 6.42 Å². The molecule has 110 valence electrons. The van der Waals surface area contributed by atoms with Gasteiger partial charge in [-0.15, -0.1) is 0 Å². The molecule has 1 fully saturated rings. The first-order valence-electron chi connectivity index (χ1n) is 7.18. The largest absolute Gasteiger partial charge is 0.495 e. The predicted molar refractivity (Wildman–Crippen MR) is 81.8 cm³/mol. The lowest BCUT2D eigenvalue weighted by Crippen LogP contribution is -2.37. The number of rotatable bonds is 3. The second kappa shape index (κ2) is 5.73. The highest BCUT2D eigenvalue weighted by Crippen LogP contribution is 2.41. The van der Waals surface area contributed by atoms with Crippen LogP contribution in [0.25, 0.3) is 0 Å². The van der Waals surface area contributed by atoms with Crippen LogP contribution in [0.5, 0.6) is 5.75 Å². The summed E-state index contributed by atoms with van der Waals surface area (Å²) in [7, 11) is 1.57. The van der Waals surface area contributed by atoms with Gasteiger partial charge in [0.25, 0.3) is 0 Å². The molecule has 0 aromatic heterocycles. The highest BCUT2D eigenvalue weighted by molar-refractivity contribution is 5.93. The number of hydrogen-bond acceptors (Lipinski definition) is 3. The lowest BCUT2D eigenvalue weighted by Gasteiger charge is -2.37. The van der Waals surface area contributed by atoms with Crippen molar-refractivity contribution in [1.29, 1.82) is 0 Å². The minimum absolute atomic E-state index is 0.0693. The van der Waals surface area contributed by atoms with Crippen LogP contribution in [-0.2, 0) is 4.79 Å². The molecule has 0 saturated heterocycles. The van der Waals surface area contributed by atoms with Crippen molar-refractivity contribution in [3.05, 3.63) is 18.2 Å². The number of anilines is 2. The number of nitrogens with two attached hydrogens (primary N) is 1. The first-order chi connectivity index (χ1) is 9.44. The molecule has 3 N–H and O–H groups in total. The summed E-state index contributed by atoms with van der Waals surface area (Å²) >= 11 is 0. The summed E-state index contributed by atoms with van der Waals surface area (Å²) in [6.45, 7) is 4.36. The zero-order chi connectivity index (χ0) is 14.8. The van der Waals surface area contributed by atoms with E-state index in [9.17, 15) is 4.79 Å². The Morgan fingerprint density at radius 1 is 1.40 bits per heavy atom. The lowest BCUT2D eigenvalue weighted by molar-refractivity contribution is -0.124. The van der Waals surface area contributed by atoms with Gasteiger partial charge in [-0.1, -0.05) is 26.7 Å². The molecular weight excluding hydrogens is 252 g/mol. The summed E-state index contributed by atoms with van der Waals surface area (Å²) in [5.74, 6) is 0.757. The van der Waals surface area contributed by atoms with Crippen molar-refractivity contribution >= 4 is 17.3 Å². The van der Waals surface area contributed by atoms with E-state index < -0.39 is 0 Å². The number of amides is 1. The molecule has 1 aliphatic rings. The molecule has 0 bridgehead atoms. The van der Waals surface area contributed by atoms with Gasteiger partial charge in [0.2, 0.25) is 5.91 Å². The van der Waals surface area contributed by atoms with E-state index in [-0.39, 0.29) is 17.2 Å². The van der Waals surface area contributed by atoms with Gasteiger partial charge >= 0.3 is 0 Å². The van der Waals surface area contributed by atoms with E-state index in [2.05, 4.69) is 19.2 Å². The van der Waals surface area contributed by atoms with Gasteiger partial charge in [-0.25, -0.2) is 0 Å². The van der Waals surface area contributed by atoms with Gasteiger partial charge in [-0.3, -0.25) is 4.79 Å². The molecule has 0 spiro atoms. The summed E-state index contributed by atoms with van der Waals surface area (Å²) in [4.78, 5) is 12.5. The van der Waals surface area contributed by atoms with E-state index >= 15 is 0 Å². The summed E-state index contributed by atoms with van der Waals surface area (Å²) in [5, 5.41) is 2.99. The summed E-state index contributed by atoms with van der Waals surface area (Å²) in [6.07, 6.45) is 4.42. The van der Waals surface area contributed by atoms with Crippen molar-refractivity contribution in [2.24, 2.45) is 11.3 Å². The molecule has 0 heterocycles. The highest BCUT2D eigenvalue weighted by atomic mass is 16.5. The third kappa shape index (κ3) is 3.06. The monoisotopic (exact) mass is 276 g/mol. The molecule has 4 nitrogen and oxygen atoms in total. The Balaban J connectivity index is 2.11. The lowest BCUT2D eigenvalue weighted by atomic mass is 9.68. The zero-order valence-electron chi connectivity index (χ0n) is 12.5. The Kier molecular flexibility index (Phi) is 4.21. The summed E-state index contributed by atoms with van der Waals surface area (Å²) in [6, 6.07) is 5.33. The van der Waals surface area contributed by atoms with Crippen LogP contribution in [0.15, 0.2) is 18.2 Å². The maximum Gasteiger partial charge on any atom is 0.228 e. The molecule has 1 unspecified atom stereocenters. The molecule has 2 rings (SSSR count). The first kappa shape index (κ1) is 14.7. The maximum absolute atomic E-state index is 12.5. The average Bonchev–Trinajstić information content (AvgIpc) is 2.40. The van der Waals surface area contributed by atoms with Crippen LogP contribution < -0.4 is 15.8 Å². The molecule has 1 aromatic carbocycles. The Bertz CT molecular complexity index is 497. The number of carbonyl (C=O) groups is 1. The topological polar surface area (TPSA) is 64.3 Å². The normalized spacial score (nSPS) is 21.2. The molecule has 1 aromatic rings. The van der Waals surface area contributed by atoms with Crippen molar-refractivity contribution in [2.45, 2.75) is 39.5 Å². The number of nitrogens with one attached hydrogen (secondary N) is 1. The smallest absolute Gasteiger partial charge is 0.228 e. The van der Waals surface area contributed by atoms with Gasteiger partial charge < -0.3 is 15.8 Å². The number of carbonyl (C=O) groups excluding carboxylic acids is 1. The quantitative estimate of drug-likeness (QED) is 0.831. The van der Waals surface area contributed by atoms with E-state index in [1.54, 1.807) is 19.2 Å². The second-order valence-electron chi connectivity index (χ2n) is 6.23. The van der Waals surface area contributed by atoms with E-state index in [0.717, 1.165) is 24.9 Å². The molecule has 0 radical (unpaired) electrons. The van der Waals surface area contributed by atoms with Gasteiger partial charge in [0.15, 0.2) is 0 Å². The fraction of sp³-hybridized carbons (Fsp3) is 0.562. The van der Waals surface area contributed by atoms with Crippen molar-refractivity contribution in [1.82, 2.24) is 0 Å². The SMILES string of the molecule is COc1cc(NC(=O)C2CCCCC2(C)C)ccc1N. The van der Waals surface area contributed by atoms with Crippen molar-refractivity contribution < 1.29 is 9.53 Å². The van der Waals surface area contributed by atoms with Crippen LogP contribution in [0, 0.1) is 11.3 Å². The molecule has 20 heavy (non-hydrogen) atoms. The van der Waals surface area contributed by atoms with Gasteiger partial charge in [0, 0.05) is 17.7 Å². The van der Waals surface area contributed by atoms with Crippen LogP contribution in [0.4, 0.5) is 11.4 Å². The van der Waals surface area contributed by atoms with Crippen LogP contribution in [0.3, 0.4) is 0 Å². The molecule has 4 heteroatoms. The molecule has 1 aliphatic carbocycles. The molecule has 1 saturated carbocycles. The minimum Gasteiger partial charge on any atom is -0.495 e. The second-order valence-corrected chi connectivity index (χ2v) is 6.23. The number of benzene rings is 1. The number of hydrogen-bond donors (Lipinski definition) is 2. The summed E-state index contributed by atoms with van der Waals surface area (Å²) < 4.78 is 5.18. The van der Waals surface area contributed by atoms with Crippen LogP contribution in [0.2, 0.25) is 0 Å². The van der Waals surface area contributed by atoms with Crippen LogP contribution >= 0.6 is 0 Å². The Labute approximate surface area is 120 Å². The standard InChI is InChI=1S/C16H24N2O2/c1-16(2)9-5-4-6-12(16)15(19)18-11-7-8-13(17)14(10-11)20-3/h7-8,10,12H,4-6,9,17H2,1-3H3,(H,18,19). The van der Waals surface area contributed by atoms with Gasteiger partial charge in [0.1, 0.15) is 5.75 Å². The summed E-state index contributed by atoms with van der Waals surface area (Å²) in [5.41, 5.74) is 7.16. The third-order valence-corrected chi connectivity index (χ3v) is 4.32. The molecule has 0 aliphatic heterocycles. The maximum atomic E-state index is 12.5. The number of methoxy groups -OCH3 is 1. The van der Waals surface area contributed by atoms with Crippen LogP contribution in [0.1, 0.15) is 39.5 Å². The fourth-order valence-corrected chi connectivity index (χ4v) is 3.00. The molecule has 1 amide bonds. The zero-order valence-corrected chi connectivity index (χ0v) is 12.5. The van der Waals surface area contributed by atoms with E-state index in [1.807, 2.05) is 6.07 Å². The van der Waals surface area contributed by atoms with Gasteiger partial charge in [-0.2, -0.15) is 0 Å². The molecular formula is C16H24N2O2. The van der Waals surface area contributed by atoms with Gasteiger partial charge in [0.05, 0.1) is 12.8 Å². The molecule has 1 atom stereocenters. The van der Waals surface area contributed by atoms with Crippen molar-refractivity contribution in [3.8, 4) is 5.75 Å². The fourth-order valence-electron chi connectivity index (χ4n) is 3.00. The van der Waals surface area contributed by atoms with Gasteiger partial charge in [-0.05, 0) is 30.4 Å². The third-order valence-electron chi connectivity index (χ3n) is 4.32. The van der Waals surface area contributed by atoms with E-state index in [0.29, 0.717) is 11.4 Å². The number of ether oxygens (including phenoxy) is 1. The van der Waals surface area contributed by atoms with Crippen molar-refractivity contribution in [2.75, 3.05) is 18.2 Å². The first-order valence-corrected chi connectivity index (χ1v) is 7.18. The Morgan fingerprint density at radius 3 is 2.80 bits per heavy atom. The Morgan fingerprint density at radius 2 is 2.15 bits per heavy atom. The van der Waals surface area contributed by atoms with Crippen LogP contribution in [-0.4, -0.2) is 13.0 Å². The highest BCUT2D eigenvalue weighted by Gasteiger charge is 2.37. The minimum atomic E-state index is 0.0693. The Hall–Kier alpha value is -1.71. The predicted octanol–water partition coefficient (Wildman–Crippen LogP) is 3.43. The van der Waals surface area contributed by atoms with E-state index in [4.69, 9.17) is 10.5 Å². The average molecular weight is 276 g/mol. The number of nitrogen functional groups attached to an aromatic ring is 1. The van der Waals surface area contributed by atoms with Crippen molar-refractivity contribution in [3.63, 3.8) is 0 Å².